The van der Waals surface area contributed by atoms with Crippen LogP contribution in [-0.4, -0.2) is 43.4 Å². The lowest BCUT2D eigenvalue weighted by molar-refractivity contribution is -0.136. The van der Waals surface area contributed by atoms with Gasteiger partial charge in [0.1, 0.15) is 5.75 Å². The molecule has 1 aliphatic rings. The molecule has 1 aliphatic heterocycles. The van der Waals surface area contributed by atoms with E-state index in [0.717, 1.165) is 0 Å². The smallest absolute Gasteiger partial charge is 0.340 e. The molecule has 0 unspecified atom stereocenters. The molecule has 2 aromatic carbocycles. The summed E-state index contributed by atoms with van der Waals surface area (Å²) in [7, 11) is 2.88. The summed E-state index contributed by atoms with van der Waals surface area (Å²) in [6.07, 6.45) is 1.62. The van der Waals surface area contributed by atoms with E-state index in [0.29, 0.717) is 27.7 Å². The number of anilines is 1. The van der Waals surface area contributed by atoms with Crippen LogP contribution in [-0.2, 0) is 19.1 Å². The minimum Gasteiger partial charge on any atom is -0.484 e. The molecule has 0 atom stereocenters. The SMILES string of the molecule is COC(=O)C1=C(C)N(C)C(=O)C1=Cc1ccc(OCC(=O)Nc2ccccc2Cl)cc1. The third-order valence-electron chi connectivity index (χ3n) is 4.77. The van der Waals surface area contributed by atoms with Crippen LogP contribution in [0.25, 0.3) is 6.08 Å². The molecule has 0 aromatic heterocycles. The van der Waals surface area contributed by atoms with Crippen molar-refractivity contribution in [2.75, 3.05) is 26.1 Å². The Labute approximate surface area is 184 Å². The predicted molar refractivity (Wildman–Crippen MR) is 117 cm³/mol. The van der Waals surface area contributed by atoms with Crippen molar-refractivity contribution >= 4 is 41.1 Å². The second-order valence-electron chi connectivity index (χ2n) is 6.76. The predicted octanol–water partition coefficient (Wildman–Crippen LogP) is 3.66. The largest absolute Gasteiger partial charge is 0.484 e. The molecule has 160 valence electrons. The van der Waals surface area contributed by atoms with Crippen LogP contribution in [0.2, 0.25) is 5.02 Å². The van der Waals surface area contributed by atoms with E-state index in [1.54, 1.807) is 68.6 Å². The van der Waals surface area contributed by atoms with Gasteiger partial charge in [-0.1, -0.05) is 35.9 Å². The number of hydrogen-bond acceptors (Lipinski definition) is 5. The molecule has 0 saturated carbocycles. The topological polar surface area (TPSA) is 84.9 Å². The molecule has 0 saturated heterocycles. The Hall–Kier alpha value is -3.58. The fraction of sp³-hybridized carbons (Fsp3) is 0.174. The normalized spacial score (nSPS) is 14.8. The first-order chi connectivity index (χ1) is 14.8. The number of hydrogen-bond donors (Lipinski definition) is 1. The number of methoxy groups -OCH3 is 1. The van der Waals surface area contributed by atoms with Crippen LogP contribution < -0.4 is 10.1 Å². The number of ether oxygens (including phenoxy) is 2. The highest BCUT2D eigenvalue weighted by Gasteiger charge is 2.34. The van der Waals surface area contributed by atoms with Gasteiger partial charge in [0.15, 0.2) is 6.61 Å². The summed E-state index contributed by atoms with van der Waals surface area (Å²) >= 11 is 6.02. The summed E-state index contributed by atoms with van der Waals surface area (Å²) in [5.74, 6) is -0.714. The fourth-order valence-electron chi connectivity index (χ4n) is 3.02. The lowest BCUT2D eigenvalue weighted by Gasteiger charge is -2.09. The number of esters is 1. The van der Waals surface area contributed by atoms with Crippen molar-refractivity contribution in [3.63, 3.8) is 0 Å². The van der Waals surface area contributed by atoms with Crippen molar-refractivity contribution in [2.45, 2.75) is 6.92 Å². The molecule has 8 heteroatoms. The molecule has 3 rings (SSSR count). The van der Waals surface area contributed by atoms with E-state index in [2.05, 4.69) is 5.32 Å². The molecular formula is C23H21ClN2O5. The van der Waals surface area contributed by atoms with Gasteiger partial charge in [-0.15, -0.1) is 0 Å². The van der Waals surface area contributed by atoms with Gasteiger partial charge in [0.2, 0.25) is 0 Å². The van der Waals surface area contributed by atoms with Gasteiger partial charge < -0.3 is 19.7 Å². The van der Waals surface area contributed by atoms with Crippen molar-refractivity contribution in [1.82, 2.24) is 4.90 Å². The second-order valence-corrected chi connectivity index (χ2v) is 7.17. The van der Waals surface area contributed by atoms with E-state index in [1.807, 2.05) is 0 Å². The Kier molecular flexibility index (Phi) is 6.77. The number of carbonyl (C=O) groups is 3. The van der Waals surface area contributed by atoms with Crippen LogP contribution in [0.1, 0.15) is 12.5 Å². The van der Waals surface area contributed by atoms with E-state index in [-0.39, 0.29) is 29.6 Å². The number of amides is 2. The lowest BCUT2D eigenvalue weighted by atomic mass is 10.0. The summed E-state index contributed by atoms with van der Waals surface area (Å²) in [6, 6.07) is 13.7. The maximum atomic E-state index is 12.5. The van der Waals surface area contributed by atoms with E-state index in [4.69, 9.17) is 21.1 Å². The Morgan fingerprint density at radius 3 is 2.45 bits per heavy atom. The van der Waals surface area contributed by atoms with E-state index < -0.39 is 5.97 Å². The summed E-state index contributed by atoms with van der Waals surface area (Å²) < 4.78 is 10.3. The van der Waals surface area contributed by atoms with Crippen molar-refractivity contribution in [3.05, 3.63) is 76.0 Å². The minimum absolute atomic E-state index is 0.191. The van der Waals surface area contributed by atoms with Gasteiger partial charge in [-0.05, 0) is 42.8 Å². The first kappa shape index (κ1) is 22.1. The Bertz CT molecular complexity index is 1090. The summed E-state index contributed by atoms with van der Waals surface area (Å²) in [4.78, 5) is 38.1. The van der Waals surface area contributed by atoms with Crippen LogP contribution in [0, 0.1) is 0 Å². The molecule has 0 spiro atoms. The maximum Gasteiger partial charge on any atom is 0.340 e. The number of benzene rings is 2. The highest BCUT2D eigenvalue weighted by atomic mass is 35.5. The molecule has 1 heterocycles. The van der Waals surface area contributed by atoms with E-state index >= 15 is 0 Å². The van der Waals surface area contributed by atoms with E-state index in [9.17, 15) is 14.4 Å². The fourth-order valence-corrected chi connectivity index (χ4v) is 3.20. The van der Waals surface area contributed by atoms with E-state index in [1.165, 1.54) is 12.0 Å². The van der Waals surface area contributed by atoms with Crippen LogP contribution in [0.15, 0.2) is 65.4 Å². The molecule has 2 amide bonds. The van der Waals surface area contributed by atoms with Gasteiger partial charge in [0.25, 0.3) is 11.8 Å². The zero-order valence-corrected chi connectivity index (χ0v) is 18.0. The first-order valence-electron chi connectivity index (χ1n) is 9.38. The van der Waals surface area contributed by atoms with Crippen LogP contribution in [0.5, 0.6) is 5.75 Å². The van der Waals surface area contributed by atoms with Gasteiger partial charge >= 0.3 is 5.97 Å². The molecule has 0 fully saturated rings. The number of allylic oxidation sites excluding steroid dienone is 1. The van der Waals surface area contributed by atoms with Gasteiger partial charge in [-0.25, -0.2) is 4.79 Å². The number of rotatable bonds is 6. The van der Waals surface area contributed by atoms with Crippen molar-refractivity contribution in [3.8, 4) is 5.75 Å². The monoisotopic (exact) mass is 440 g/mol. The maximum absolute atomic E-state index is 12.5. The Morgan fingerprint density at radius 1 is 1.13 bits per heavy atom. The van der Waals surface area contributed by atoms with Gasteiger partial charge in [-0.2, -0.15) is 0 Å². The third-order valence-corrected chi connectivity index (χ3v) is 5.10. The minimum atomic E-state index is -0.564. The summed E-state index contributed by atoms with van der Waals surface area (Å²) in [5.41, 5.74) is 2.25. The number of para-hydroxylation sites is 1. The third kappa shape index (κ3) is 4.95. The zero-order valence-electron chi connectivity index (χ0n) is 17.3. The summed E-state index contributed by atoms with van der Waals surface area (Å²) in [5, 5.41) is 3.12. The standard InChI is InChI=1S/C23H21ClN2O5/c1-14-21(23(29)30-3)17(22(28)26(14)2)12-15-8-10-16(11-9-15)31-13-20(27)25-19-7-5-4-6-18(19)24/h4-12H,13H2,1-3H3,(H,25,27). The average molecular weight is 441 g/mol. The van der Waals surface area contributed by atoms with Gasteiger partial charge in [0.05, 0.1) is 29.0 Å². The van der Waals surface area contributed by atoms with Crippen LogP contribution in [0.3, 0.4) is 0 Å². The highest BCUT2D eigenvalue weighted by molar-refractivity contribution is 6.33. The number of carbonyl (C=O) groups excluding carboxylic acids is 3. The molecule has 31 heavy (non-hydrogen) atoms. The average Bonchev–Trinajstić information content (AvgIpc) is 2.98. The molecule has 2 aromatic rings. The first-order valence-corrected chi connectivity index (χ1v) is 9.76. The lowest BCUT2D eigenvalue weighted by Crippen LogP contribution is -2.20. The van der Waals surface area contributed by atoms with Crippen molar-refractivity contribution in [2.24, 2.45) is 0 Å². The molecule has 0 bridgehead atoms. The van der Waals surface area contributed by atoms with Crippen LogP contribution >= 0.6 is 11.6 Å². The quantitative estimate of drug-likeness (QED) is 0.547. The summed E-state index contributed by atoms with van der Waals surface area (Å²) in [6.45, 7) is 1.50. The Balaban J connectivity index is 1.67. The zero-order chi connectivity index (χ0) is 22.5. The molecule has 0 aliphatic carbocycles. The number of halogens is 1. The molecule has 7 nitrogen and oxygen atoms in total. The molecular weight excluding hydrogens is 420 g/mol. The van der Waals surface area contributed by atoms with Crippen molar-refractivity contribution < 1.29 is 23.9 Å². The number of nitrogens with zero attached hydrogens (tertiary/aromatic N) is 1. The van der Waals surface area contributed by atoms with Gasteiger partial charge in [0, 0.05) is 12.7 Å². The molecule has 0 radical (unpaired) electrons. The number of likely N-dealkylation sites (N-methyl/N-ethyl adjacent to an activating group) is 1. The number of nitrogens with one attached hydrogen (secondary N) is 1. The Morgan fingerprint density at radius 2 is 1.81 bits per heavy atom. The van der Waals surface area contributed by atoms with Crippen molar-refractivity contribution in [1.29, 1.82) is 0 Å². The van der Waals surface area contributed by atoms with Gasteiger partial charge in [-0.3, -0.25) is 9.59 Å². The highest BCUT2D eigenvalue weighted by Crippen LogP contribution is 2.30. The van der Waals surface area contributed by atoms with Crippen LogP contribution in [0.4, 0.5) is 5.69 Å². The second kappa shape index (κ2) is 9.49. The molecule has 1 N–H and O–H groups in total.